The van der Waals surface area contributed by atoms with Crippen molar-refractivity contribution in [3.05, 3.63) is 64.7 Å². The number of aliphatic hydroxyl groups is 1. The summed E-state index contributed by atoms with van der Waals surface area (Å²) >= 11 is 0. The average molecular weight is 445 g/mol. The summed E-state index contributed by atoms with van der Waals surface area (Å²) in [5.41, 5.74) is 3.55. The average Bonchev–Trinajstić information content (AvgIpc) is 3.39. The SMILES string of the molecule is Cc1cc([C@@H](C)NC(=O)C2CC2(C)c2ccc(C(C)(C)O)cc2)ccc1NC[SH](=O)=O. The Bertz CT molecular complexity index is 1030. The van der Waals surface area contributed by atoms with Gasteiger partial charge in [0, 0.05) is 17.0 Å². The van der Waals surface area contributed by atoms with Gasteiger partial charge in [-0.25, -0.2) is 8.42 Å². The lowest BCUT2D eigenvalue weighted by molar-refractivity contribution is -0.123. The lowest BCUT2D eigenvalue weighted by Gasteiger charge is -2.20. The third kappa shape index (κ3) is 5.28. The van der Waals surface area contributed by atoms with E-state index in [1.54, 1.807) is 13.8 Å². The molecule has 1 saturated carbocycles. The molecule has 7 heteroatoms. The van der Waals surface area contributed by atoms with Crippen molar-refractivity contribution in [1.29, 1.82) is 0 Å². The Hall–Kier alpha value is -2.38. The molecule has 31 heavy (non-hydrogen) atoms. The molecule has 0 bridgehead atoms. The number of hydrogen-bond donors (Lipinski definition) is 4. The number of anilines is 1. The zero-order chi connectivity index (χ0) is 23.0. The summed E-state index contributed by atoms with van der Waals surface area (Å²) < 4.78 is 21.6. The first kappa shape index (κ1) is 23.3. The Morgan fingerprint density at radius 3 is 2.42 bits per heavy atom. The van der Waals surface area contributed by atoms with Crippen molar-refractivity contribution >= 4 is 22.3 Å². The maximum atomic E-state index is 12.9. The third-order valence-corrected chi connectivity index (χ3v) is 6.73. The molecular weight excluding hydrogens is 412 g/mol. The molecule has 2 unspecified atom stereocenters. The number of thiol groups is 1. The zero-order valence-corrected chi connectivity index (χ0v) is 19.6. The second kappa shape index (κ2) is 8.63. The number of rotatable bonds is 8. The Morgan fingerprint density at radius 1 is 1.23 bits per heavy atom. The van der Waals surface area contributed by atoms with Crippen LogP contribution in [0.25, 0.3) is 0 Å². The molecule has 0 spiro atoms. The highest BCUT2D eigenvalue weighted by atomic mass is 32.2. The highest BCUT2D eigenvalue weighted by molar-refractivity contribution is 7.72. The molecule has 2 aromatic rings. The predicted octanol–water partition coefficient (Wildman–Crippen LogP) is 3.36. The maximum absolute atomic E-state index is 12.9. The normalized spacial score (nSPS) is 21.6. The van der Waals surface area contributed by atoms with E-state index < -0.39 is 16.3 Å². The van der Waals surface area contributed by atoms with Crippen LogP contribution >= 0.6 is 0 Å². The molecule has 0 aliphatic heterocycles. The van der Waals surface area contributed by atoms with E-state index in [1.807, 2.05) is 56.3 Å². The molecular formula is C24H32N2O4S. The molecule has 0 radical (unpaired) electrons. The summed E-state index contributed by atoms with van der Waals surface area (Å²) in [5, 5.41) is 16.2. The first-order chi connectivity index (χ1) is 14.4. The van der Waals surface area contributed by atoms with Gasteiger partial charge in [-0.3, -0.25) is 4.79 Å². The summed E-state index contributed by atoms with van der Waals surface area (Å²) in [4.78, 5) is 12.9. The lowest BCUT2D eigenvalue weighted by atomic mass is 9.91. The van der Waals surface area contributed by atoms with Gasteiger partial charge in [-0.15, -0.1) is 0 Å². The molecule has 2 aromatic carbocycles. The number of nitrogens with one attached hydrogen (secondary N) is 2. The van der Waals surface area contributed by atoms with Gasteiger partial charge in [0.15, 0.2) is 10.7 Å². The van der Waals surface area contributed by atoms with Crippen LogP contribution in [0.5, 0.6) is 0 Å². The molecule has 0 aromatic heterocycles. The first-order valence-corrected chi connectivity index (χ1v) is 11.9. The summed E-state index contributed by atoms with van der Waals surface area (Å²) in [6, 6.07) is 13.4. The van der Waals surface area contributed by atoms with Gasteiger partial charge in [-0.2, -0.15) is 0 Å². The minimum Gasteiger partial charge on any atom is -0.386 e. The fourth-order valence-electron chi connectivity index (χ4n) is 4.03. The molecule has 1 amide bonds. The largest absolute Gasteiger partial charge is 0.386 e. The number of carbonyl (C=O) groups is 1. The number of amides is 1. The standard InChI is InChI=1S/C24H32N2O4S/c1-15-12-17(6-11-21(15)25-14-31(29)30)16(2)26-22(27)20-13-24(20,5)19-9-7-18(8-10-19)23(3,4)28/h6-12,16,20,25,28,31H,13-14H2,1-5H3,(H,26,27)/t16-,20?,24?/m1/s1. The Balaban J connectivity index is 1.63. The minimum atomic E-state index is -2.49. The number of aryl methyl sites for hydroxylation is 1. The van der Waals surface area contributed by atoms with Crippen molar-refractivity contribution in [3.8, 4) is 0 Å². The van der Waals surface area contributed by atoms with Crippen molar-refractivity contribution in [3.63, 3.8) is 0 Å². The molecule has 168 valence electrons. The third-order valence-electron chi connectivity index (χ3n) is 6.31. The summed E-state index contributed by atoms with van der Waals surface area (Å²) in [6.45, 7) is 9.48. The van der Waals surface area contributed by atoms with Crippen LogP contribution in [0.1, 0.15) is 62.4 Å². The van der Waals surface area contributed by atoms with E-state index in [1.165, 1.54) is 0 Å². The van der Waals surface area contributed by atoms with Crippen LogP contribution in [-0.4, -0.2) is 25.3 Å². The second-order valence-corrected chi connectivity index (χ2v) is 10.3. The monoisotopic (exact) mass is 444 g/mol. The highest BCUT2D eigenvalue weighted by Crippen LogP contribution is 2.54. The fraction of sp³-hybridized carbons (Fsp3) is 0.458. The van der Waals surface area contributed by atoms with Gasteiger partial charge in [0.05, 0.1) is 11.6 Å². The van der Waals surface area contributed by atoms with Gasteiger partial charge >= 0.3 is 0 Å². The Labute approximate surface area is 186 Å². The van der Waals surface area contributed by atoms with Gasteiger partial charge in [0.25, 0.3) is 0 Å². The van der Waals surface area contributed by atoms with E-state index in [4.69, 9.17) is 0 Å². The highest BCUT2D eigenvalue weighted by Gasteiger charge is 2.55. The Kier molecular flexibility index (Phi) is 6.48. The van der Waals surface area contributed by atoms with Crippen LogP contribution in [0, 0.1) is 12.8 Å². The van der Waals surface area contributed by atoms with E-state index in [2.05, 4.69) is 17.6 Å². The van der Waals surface area contributed by atoms with Gasteiger partial charge in [-0.05, 0) is 62.4 Å². The van der Waals surface area contributed by atoms with E-state index >= 15 is 0 Å². The molecule has 6 nitrogen and oxygen atoms in total. The molecule has 1 fully saturated rings. The Morgan fingerprint density at radius 2 is 1.87 bits per heavy atom. The number of carbonyl (C=O) groups excluding carboxylic acids is 1. The number of benzene rings is 2. The predicted molar refractivity (Wildman–Crippen MR) is 124 cm³/mol. The molecule has 0 saturated heterocycles. The first-order valence-electron chi connectivity index (χ1n) is 10.5. The molecule has 3 rings (SSSR count). The lowest BCUT2D eigenvalue weighted by Crippen LogP contribution is -2.30. The van der Waals surface area contributed by atoms with Crippen LogP contribution < -0.4 is 10.6 Å². The van der Waals surface area contributed by atoms with E-state index in [9.17, 15) is 18.3 Å². The van der Waals surface area contributed by atoms with Crippen molar-refractivity contribution in [2.75, 3.05) is 11.2 Å². The second-order valence-electron chi connectivity index (χ2n) is 9.28. The van der Waals surface area contributed by atoms with Crippen molar-refractivity contribution in [1.82, 2.24) is 5.32 Å². The maximum Gasteiger partial charge on any atom is 0.224 e. The van der Waals surface area contributed by atoms with Crippen molar-refractivity contribution in [2.45, 2.75) is 58.1 Å². The summed E-state index contributed by atoms with van der Waals surface area (Å²) in [6.07, 6.45) is 0.794. The van der Waals surface area contributed by atoms with Gasteiger partial charge in [-0.1, -0.05) is 43.3 Å². The van der Waals surface area contributed by atoms with E-state index in [0.29, 0.717) is 0 Å². The van der Waals surface area contributed by atoms with Gasteiger partial charge in [0.2, 0.25) is 5.91 Å². The van der Waals surface area contributed by atoms with Crippen LogP contribution in [0.15, 0.2) is 42.5 Å². The van der Waals surface area contributed by atoms with E-state index in [-0.39, 0.29) is 29.2 Å². The van der Waals surface area contributed by atoms with Crippen LogP contribution in [-0.2, 0) is 26.5 Å². The molecule has 0 heterocycles. The minimum absolute atomic E-state index is 0.0322. The molecule has 1 aliphatic rings. The molecule has 1 aliphatic carbocycles. The number of hydrogen-bond acceptors (Lipinski definition) is 5. The smallest absolute Gasteiger partial charge is 0.224 e. The van der Waals surface area contributed by atoms with Crippen LogP contribution in [0.3, 0.4) is 0 Å². The fourth-order valence-corrected chi connectivity index (χ4v) is 4.33. The van der Waals surface area contributed by atoms with Crippen molar-refractivity contribution < 1.29 is 18.3 Å². The van der Waals surface area contributed by atoms with Crippen molar-refractivity contribution in [2.24, 2.45) is 5.92 Å². The molecule has 3 atom stereocenters. The summed E-state index contributed by atoms with van der Waals surface area (Å²) in [5.74, 6) is -0.151. The zero-order valence-electron chi connectivity index (χ0n) is 18.7. The van der Waals surface area contributed by atoms with Gasteiger partial charge in [0.1, 0.15) is 5.88 Å². The van der Waals surface area contributed by atoms with Crippen LogP contribution in [0.4, 0.5) is 5.69 Å². The summed E-state index contributed by atoms with van der Waals surface area (Å²) in [7, 11) is -2.49. The quantitative estimate of drug-likeness (QED) is 0.468. The topological polar surface area (TPSA) is 95.5 Å². The van der Waals surface area contributed by atoms with E-state index in [0.717, 1.165) is 34.4 Å². The molecule has 3 N–H and O–H groups in total. The van der Waals surface area contributed by atoms with Crippen LogP contribution in [0.2, 0.25) is 0 Å². The van der Waals surface area contributed by atoms with Gasteiger partial charge < -0.3 is 15.7 Å².